The first kappa shape index (κ1) is 16.3. The summed E-state index contributed by atoms with van der Waals surface area (Å²) < 4.78 is 7.45. The topological polar surface area (TPSA) is 60.9 Å². The summed E-state index contributed by atoms with van der Waals surface area (Å²) in [4.78, 5) is 17.5. The smallest absolute Gasteiger partial charge is 0.263 e. The zero-order valence-electron chi connectivity index (χ0n) is 15.0. The predicted molar refractivity (Wildman–Crippen MR) is 102 cm³/mol. The van der Waals surface area contributed by atoms with Crippen LogP contribution in [-0.4, -0.2) is 14.7 Å². The van der Waals surface area contributed by atoms with Gasteiger partial charge in [0.1, 0.15) is 5.56 Å². The van der Waals surface area contributed by atoms with Crippen molar-refractivity contribution in [3.63, 3.8) is 0 Å². The molecule has 4 rings (SSSR count). The number of aryl methyl sites for hydroxylation is 3. The maximum Gasteiger partial charge on any atom is 0.263 e. The van der Waals surface area contributed by atoms with Crippen LogP contribution in [0.4, 0.5) is 0 Å². The van der Waals surface area contributed by atoms with E-state index in [-0.39, 0.29) is 11.3 Å². The van der Waals surface area contributed by atoms with Crippen molar-refractivity contribution in [1.82, 2.24) is 14.7 Å². The Morgan fingerprint density at radius 1 is 1.04 bits per heavy atom. The molecule has 0 atom stereocenters. The number of hydrogen-bond acceptors (Lipinski definition) is 4. The van der Waals surface area contributed by atoms with Gasteiger partial charge < -0.3 is 9.09 Å². The first-order chi connectivity index (χ1) is 12.6. The normalized spacial score (nSPS) is 11.2. The van der Waals surface area contributed by atoms with Gasteiger partial charge in [-0.05, 0) is 32.9 Å². The third-order valence-electron chi connectivity index (χ3n) is 4.54. The van der Waals surface area contributed by atoms with Crippen LogP contribution in [0.1, 0.15) is 18.1 Å². The molecule has 2 heterocycles. The number of hydrogen-bond donors (Lipinski definition) is 0. The van der Waals surface area contributed by atoms with Crippen LogP contribution in [0.15, 0.2) is 58.0 Å². The van der Waals surface area contributed by atoms with Gasteiger partial charge in [-0.25, -0.2) is 0 Å². The van der Waals surface area contributed by atoms with Crippen molar-refractivity contribution in [1.29, 1.82) is 0 Å². The minimum absolute atomic E-state index is 0.0903. The molecule has 4 aromatic rings. The van der Waals surface area contributed by atoms with E-state index in [1.54, 1.807) is 6.20 Å². The quantitative estimate of drug-likeness (QED) is 0.554. The van der Waals surface area contributed by atoms with Crippen molar-refractivity contribution in [2.45, 2.75) is 27.3 Å². The van der Waals surface area contributed by atoms with Gasteiger partial charge in [0.05, 0.1) is 5.52 Å². The SMILES string of the molecule is CCn1cc(-c2nc(-c3ccc(C)cc3)no2)c(=O)c2cc(C)ccc21. The summed E-state index contributed by atoms with van der Waals surface area (Å²) >= 11 is 0. The molecule has 0 N–H and O–H groups in total. The summed E-state index contributed by atoms with van der Waals surface area (Å²) in [5, 5.41) is 4.72. The number of fused-ring (bicyclic) bond motifs is 1. The summed E-state index contributed by atoms with van der Waals surface area (Å²) in [7, 11) is 0. The van der Waals surface area contributed by atoms with E-state index in [1.807, 2.05) is 67.8 Å². The Morgan fingerprint density at radius 3 is 2.50 bits per heavy atom. The van der Waals surface area contributed by atoms with Crippen molar-refractivity contribution >= 4 is 10.9 Å². The van der Waals surface area contributed by atoms with Gasteiger partial charge in [-0.1, -0.05) is 46.6 Å². The molecule has 5 nitrogen and oxygen atoms in total. The highest BCUT2D eigenvalue weighted by molar-refractivity contribution is 5.83. The van der Waals surface area contributed by atoms with Gasteiger partial charge in [-0.3, -0.25) is 4.79 Å². The lowest BCUT2D eigenvalue weighted by molar-refractivity contribution is 0.431. The van der Waals surface area contributed by atoms with E-state index >= 15 is 0 Å². The Hall–Kier alpha value is -3.21. The maximum atomic E-state index is 13.0. The van der Waals surface area contributed by atoms with Crippen molar-refractivity contribution in [2.24, 2.45) is 0 Å². The zero-order chi connectivity index (χ0) is 18.3. The van der Waals surface area contributed by atoms with Crippen LogP contribution in [0.2, 0.25) is 0 Å². The van der Waals surface area contributed by atoms with Crippen LogP contribution < -0.4 is 5.43 Å². The summed E-state index contributed by atoms with van der Waals surface area (Å²) in [6.45, 7) is 6.78. The van der Waals surface area contributed by atoms with Crippen LogP contribution in [0.5, 0.6) is 0 Å². The summed E-state index contributed by atoms with van der Waals surface area (Å²) in [6, 6.07) is 13.8. The fourth-order valence-corrected chi connectivity index (χ4v) is 3.08. The second-order valence-corrected chi connectivity index (χ2v) is 6.47. The predicted octanol–water partition coefficient (Wildman–Crippen LogP) is 4.36. The lowest BCUT2D eigenvalue weighted by Crippen LogP contribution is -2.12. The fourth-order valence-electron chi connectivity index (χ4n) is 3.08. The minimum Gasteiger partial charge on any atom is -0.347 e. The fraction of sp³-hybridized carbons (Fsp3) is 0.190. The third-order valence-corrected chi connectivity index (χ3v) is 4.54. The lowest BCUT2D eigenvalue weighted by atomic mass is 10.1. The average molecular weight is 345 g/mol. The molecule has 0 saturated heterocycles. The molecular formula is C21H19N3O2. The number of nitrogens with zero attached hydrogens (tertiary/aromatic N) is 3. The van der Waals surface area contributed by atoms with E-state index in [2.05, 4.69) is 10.1 Å². The number of rotatable bonds is 3. The van der Waals surface area contributed by atoms with Crippen molar-refractivity contribution < 1.29 is 4.52 Å². The van der Waals surface area contributed by atoms with Crippen LogP contribution in [0.3, 0.4) is 0 Å². The Balaban J connectivity index is 1.88. The molecular weight excluding hydrogens is 326 g/mol. The van der Waals surface area contributed by atoms with E-state index in [9.17, 15) is 4.79 Å². The lowest BCUT2D eigenvalue weighted by Gasteiger charge is -2.10. The van der Waals surface area contributed by atoms with Crippen molar-refractivity contribution in [3.05, 3.63) is 70.0 Å². The standard InChI is InChI=1S/C21H19N3O2/c1-4-24-12-17(19(25)16-11-14(3)7-10-18(16)24)21-22-20(23-26-21)15-8-5-13(2)6-9-15/h5-12H,4H2,1-3H3. The monoisotopic (exact) mass is 345 g/mol. The molecule has 0 saturated carbocycles. The summed E-state index contributed by atoms with van der Waals surface area (Å²) in [5.74, 6) is 0.725. The first-order valence-electron chi connectivity index (χ1n) is 8.61. The molecule has 0 radical (unpaired) electrons. The molecule has 2 aromatic heterocycles. The largest absolute Gasteiger partial charge is 0.347 e. The third kappa shape index (κ3) is 2.71. The average Bonchev–Trinajstić information content (AvgIpc) is 3.13. The molecule has 0 aliphatic heterocycles. The highest BCUT2D eigenvalue weighted by Crippen LogP contribution is 2.23. The molecule has 0 spiro atoms. The second-order valence-electron chi connectivity index (χ2n) is 6.47. The van der Waals surface area contributed by atoms with Gasteiger partial charge in [0.25, 0.3) is 5.89 Å². The van der Waals surface area contributed by atoms with Crippen LogP contribution in [0, 0.1) is 13.8 Å². The summed E-state index contributed by atoms with van der Waals surface area (Å²) in [5.41, 5.74) is 4.31. The van der Waals surface area contributed by atoms with E-state index < -0.39 is 0 Å². The van der Waals surface area contributed by atoms with Gasteiger partial charge in [0.15, 0.2) is 0 Å². The van der Waals surface area contributed by atoms with Gasteiger partial charge in [0.2, 0.25) is 11.3 Å². The molecule has 2 aromatic carbocycles. The molecule has 0 amide bonds. The Morgan fingerprint density at radius 2 is 1.77 bits per heavy atom. The Kier molecular flexibility index (Phi) is 3.92. The van der Waals surface area contributed by atoms with E-state index in [0.29, 0.717) is 16.8 Å². The first-order valence-corrected chi connectivity index (χ1v) is 8.61. The van der Waals surface area contributed by atoms with E-state index in [1.165, 1.54) is 0 Å². The number of benzene rings is 2. The second kappa shape index (κ2) is 6.26. The van der Waals surface area contributed by atoms with Crippen molar-refractivity contribution in [2.75, 3.05) is 0 Å². The maximum absolute atomic E-state index is 13.0. The van der Waals surface area contributed by atoms with Gasteiger partial charge in [-0.15, -0.1) is 0 Å². The van der Waals surface area contributed by atoms with Gasteiger partial charge in [0, 0.05) is 23.7 Å². The summed E-state index contributed by atoms with van der Waals surface area (Å²) in [6.07, 6.45) is 1.80. The van der Waals surface area contributed by atoms with Gasteiger partial charge in [-0.2, -0.15) is 4.98 Å². The van der Waals surface area contributed by atoms with Crippen LogP contribution in [-0.2, 0) is 6.54 Å². The molecule has 0 aliphatic rings. The Bertz CT molecular complexity index is 1150. The number of aromatic nitrogens is 3. The van der Waals surface area contributed by atoms with Crippen LogP contribution in [0.25, 0.3) is 33.7 Å². The Labute approximate surface area is 150 Å². The molecule has 0 aliphatic carbocycles. The molecule has 130 valence electrons. The highest BCUT2D eigenvalue weighted by Gasteiger charge is 2.17. The van der Waals surface area contributed by atoms with E-state index in [4.69, 9.17) is 4.52 Å². The number of pyridine rings is 1. The van der Waals surface area contributed by atoms with Crippen molar-refractivity contribution in [3.8, 4) is 22.8 Å². The highest BCUT2D eigenvalue weighted by atomic mass is 16.5. The molecule has 0 bridgehead atoms. The zero-order valence-corrected chi connectivity index (χ0v) is 15.0. The van der Waals surface area contributed by atoms with Gasteiger partial charge >= 0.3 is 0 Å². The molecule has 0 unspecified atom stereocenters. The minimum atomic E-state index is -0.0903. The molecule has 5 heteroatoms. The van der Waals surface area contributed by atoms with Crippen LogP contribution >= 0.6 is 0 Å². The molecule has 26 heavy (non-hydrogen) atoms. The van der Waals surface area contributed by atoms with E-state index in [0.717, 1.165) is 28.8 Å². The molecule has 0 fully saturated rings.